The number of aliphatic hydroxyl groups excluding tert-OH is 2. The number of hydrogen-bond donors (Lipinski definition) is 8. The molecule has 14 heteroatoms. The van der Waals surface area contributed by atoms with Gasteiger partial charge in [0.15, 0.2) is 12.3 Å². The third-order valence-electron chi connectivity index (χ3n) is 6.88. The summed E-state index contributed by atoms with van der Waals surface area (Å²) in [6.45, 7) is 4.89. The third-order valence-corrected chi connectivity index (χ3v) is 6.88. The molecule has 2 fully saturated rings. The van der Waals surface area contributed by atoms with Crippen molar-refractivity contribution in [1.29, 1.82) is 0 Å². The molecule has 12 atom stereocenters. The van der Waals surface area contributed by atoms with E-state index >= 15 is 0 Å². The van der Waals surface area contributed by atoms with E-state index < -0.39 is 78.8 Å². The molecule has 1 aliphatic carbocycles. The number of rotatable bonds is 9. The van der Waals surface area contributed by atoms with Crippen molar-refractivity contribution in [3.8, 4) is 0 Å². The third kappa shape index (κ3) is 6.66. The maximum absolute atomic E-state index is 12.1. The maximum atomic E-state index is 12.1. The molecule has 14 nitrogen and oxygen atoms in total. The van der Waals surface area contributed by atoms with E-state index in [4.69, 9.17) is 46.6 Å². The fraction of sp³-hybridized carbons (Fsp3) is 0.783. The number of hydrogen-bond acceptors (Lipinski definition) is 14. The summed E-state index contributed by atoms with van der Waals surface area (Å²) >= 11 is 0. The molecular formula is C23H41N5O9. The van der Waals surface area contributed by atoms with E-state index in [0.29, 0.717) is 0 Å². The van der Waals surface area contributed by atoms with E-state index in [-0.39, 0.29) is 31.8 Å². The van der Waals surface area contributed by atoms with E-state index in [0.717, 1.165) is 0 Å². The predicted octanol–water partition coefficient (Wildman–Crippen LogP) is -3.75. The molecule has 0 aromatic rings. The first-order valence-corrected chi connectivity index (χ1v) is 12.3. The van der Waals surface area contributed by atoms with Crippen LogP contribution in [0.4, 0.5) is 0 Å². The molecule has 1 unspecified atom stereocenters. The summed E-state index contributed by atoms with van der Waals surface area (Å²) < 4.78 is 28.2. The zero-order valence-corrected chi connectivity index (χ0v) is 21.1. The molecule has 1 saturated carbocycles. The average Bonchev–Trinajstić information content (AvgIpc) is 2.84. The Morgan fingerprint density at radius 2 is 1.84 bits per heavy atom. The summed E-state index contributed by atoms with van der Waals surface area (Å²) in [6.07, 6.45) is -3.43. The van der Waals surface area contributed by atoms with Gasteiger partial charge >= 0.3 is 5.97 Å². The smallest absolute Gasteiger partial charge is 0.331 e. The molecule has 212 valence electrons. The van der Waals surface area contributed by atoms with Crippen LogP contribution in [0.1, 0.15) is 19.8 Å². The zero-order chi connectivity index (χ0) is 27.5. The number of likely N-dealkylation sites (N-methyl/N-ethyl adjacent to an activating group) is 1. The molecule has 0 aromatic heterocycles. The van der Waals surface area contributed by atoms with Crippen LogP contribution in [-0.4, -0.2) is 114 Å². The van der Waals surface area contributed by atoms with Gasteiger partial charge in [0.05, 0.1) is 18.7 Å². The Morgan fingerprint density at radius 3 is 2.43 bits per heavy atom. The summed E-state index contributed by atoms with van der Waals surface area (Å²) in [5, 5.41) is 35.2. The van der Waals surface area contributed by atoms with Crippen LogP contribution in [0.3, 0.4) is 0 Å². The zero-order valence-electron chi connectivity index (χ0n) is 21.1. The van der Waals surface area contributed by atoms with Crippen LogP contribution >= 0.6 is 0 Å². The second kappa shape index (κ2) is 12.4. The van der Waals surface area contributed by atoms with Gasteiger partial charge in [0.1, 0.15) is 42.4 Å². The van der Waals surface area contributed by atoms with Crippen LogP contribution in [-0.2, 0) is 28.5 Å². The van der Waals surface area contributed by atoms with Crippen LogP contribution in [0.2, 0.25) is 0 Å². The lowest BCUT2D eigenvalue weighted by Crippen LogP contribution is -2.68. The van der Waals surface area contributed by atoms with Crippen molar-refractivity contribution in [1.82, 2.24) is 5.32 Å². The van der Waals surface area contributed by atoms with Crippen molar-refractivity contribution >= 4 is 5.97 Å². The molecule has 12 N–H and O–H groups in total. The van der Waals surface area contributed by atoms with E-state index in [9.17, 15) is 20.1 Å². The van der Waals surface area contributed by atoms with Crippen LogP contribution in [0, 0.1) is 0 Å². The molecule has 3 aliphatic rings. The number of aliphatic hydroxyl groups is 3. The fourth-order valence-corrected chi connectivity index (χ4v) is 4.82. The fourth-order valence-electron chi connectivity index (χ4n) is 4.82. The van der Waals surface area contributed by atoms with Gasteiger partial charge in [-0.15, -0.1) is 0 Å². The number of esters is 1. The molecular weight excluding hydrogens is 490 g/mol. The highest BCUT2D eigenvalue weighted by atomic mass is 16.7. The first-order valence-electron chi connectivity index (χ1n) is 12.3. The number of ether oxygens (including phenoxy) is 5. The molecule has 3 rings (SSSR count). The van der Waals surface area contributed by atoms with Crippen molar-refractivity contribution < 1.29 is 43.8 Å². The minimum atomic E-state index is -1.35. The molecule has 0 amide bonds. The Bertz CT molecular complexity index is 830. The highest BCUT2D eigenvalue weighted by Crippen LogP contribution is 2.31. The van der Waals surface area contributed by atoms with E-state index in [2.05, 4.69) is 11.9 Å². The highest BCUT2D eigenvalue weighted by molar-refractivity contribution is 5.78. The summed E-state index contributed by atoms with van der Waals surface area (Å²) in [5.74, 6) is -0.591. The number of nitrogens with one attached hydrogen (secondary N) is 1. The minimum Gasteiger partial charge on any atom is -0.466 e. The summed E-state index contributed by atoms with van der Waals surface area (Å²) in [7, 11) is 1.59. The maximum Gasteiger partial charge on any atom is 0.331 e. The number of carbonyl (C=O) groups excluding carboxylic acids is 1. The van der Waals surface area contributed by atoms with Crippen molar-refractivity contribution in [2.45, 2.75) is 92.6 Å². The largest absolute Gasteiger partial charge is 0.466 e. The lowest BCUT2D eigenvalue weighted by atomic mass is 9.84. The van der Waals surface area contributed by atoms with E-state index in [1.54, 1.807) is 13.1 Å². The Kier molecular flexibility index (Phi) is 10.0. The van der Waals surface area contributed by atoms with Gasteiger partial charge in [-0.3, -0.25) is 0 Å². The van der Waals surface area contributed by atoms with Gasteiger partial charge < -0.3 is 67.3 Å². The Balaban J connectivity index is 1.68. The quantitative estimate of drug-likeness (QED) is 0.105. The minimum absolute atomic E-state index is 0.00393. The second-order valence-corrected chi connectivity index (χ2v) is 9.94. The van der Waals surface area contributed by atoms with Crippen LogP contribution in [0.25, 0.3) is 0 Å². The van der Waals surface area contributed by atoms with Gasteiger partial charge in [0.2, 0.25) is 6.29 Å². The molecule has 0 spiro atoms. The molecule has 1 saturated heterocycles. The van der Waals surface area contributed by atoms with Gasteiger partial charge in [-0.05, 0) is 32.9 Å². The van der Waals surface area contributed by atoms with Gasteiger partial charge in [0, 0.05) is 12.1 Å². The second-order valence-electron chi connectivity index (χ2n) is 9.94. The van der Waals surface area contributed by atoms with Crippen molar-refractivity contribution in [2.75, 3.05) is 20.3 Å². The summed E-state index contributed by atoms with van der Waals surface area (Å²) in [5.41, 5.74) is 23.3. The van der Waals surface area contributed by atoms with Crippen molar-refractivity contribution in [2.24, 2.45) is 22.9 Å². The number of carbonyl (C=O) groups is 1. The van der Waals surface area contributed by atoms with Crippen LogP contribution < -0.4 is 28.3 Å². The molecule has 37 heavy (non-hydrogen) atoms. The number of nitrogens with two attached hydrogens (primary N) is 4. The van der Waals surface area contributed by atoms with E-state index in [1.165, 1.54) is 13.0 Å². The highest BCUT2D eigenvalue weighted by Gasteiger charge is 2.50. The SMILES string of the molecule is C=CCOC(=O)C(N)C1=CC[C@@H](N)[C@@H](O[C@H]2[C@H](O)[C@@H](O[C@H]3OC[C@](C)(O)[C@H](NC)[C@H]3O)[C@H](N)C[C@@H]2N)O1. The molecule has 0 aromatic carbocycles. The van der Waals surface area contributed by atoms with Crippen LogP contribution in [0.5, 0.6) is 0 Å². The van der Waals surface area contributed by atoms with E-state index in [1.807, 2.05) is 0 Å². The van der Waals surface area contributed by atoms with Gasteiger partial charge in [-0.2, -0.15) is 0 Å². The molecule has 2 aliphatic heterocycles. The van der Waals surface area contributed by atoms with Gasteiger partial charge in [-0.1, -0.05) is 12.7 Å². The topological polar surface area (TPSA) is 240 Å². The standard InChI is InChI=1S/C23H41N5O9/c1-4-7-33-20(31)14(27)13-6-5-10(24)21(35-13)36-17-11(25)8-12(26)18(15(17)29)37-22-16(30)19(28-3)23(2,32)9-34-22/h4,6,10-12,14-19,21-22,28-30,32H,1,5,7-9,24-27H2,2-3H3/t10-,11+,12-,14?,15+,16-,17-,18+,19-,21-,22-,23+/m1/s1. The summed E-state index contributed by atoms with van der Waals surface area (Å²) in [4.78, 5) is 12.1. The Morgan fingerprint density at radius 1 is 1.22 bits per heavy atom. The molecule has 0 radical (unpaired) electrons. The lowest BCUT2D eigenvalue weighted by Gasteiger charge is -2.48. The Labute approximate surface area is 215 Å². The molecule has 2 heterocycles. The first-order chi connectivity index (χ1) is 17.4. The first kappa shape index (κ1) is 29.9. The van der Waals surface area contributed by atoms with Gasteiger partial charge in [0.25, 0.3) is 0 Å². The van der Waals surface area contributed by atoms with Crippen molar-refractivity contribution in [3.05, 3.63) is 24.5 Å². The summed E-state index contributed by atoms with van der Waals surface area (Å²) in [6, 6.07) is -4.00. The normalized spacial score (nSPS) is 43.3. The van der Waals surface area contributed by atoms with Gasteiger partial charge in [-0.25, -0.2) is 4.79 Å². The van der Waals surface area contributed by atoms with Crippen LogP contribution in [0.15, 0.2) is 24.5 Å². The Hall–Kier alpha value is -1.69. The molecule has 0 bridgehead atoms. The lowest BCUT2D eigenvalue weighted by molar-refractivity contribution is -0.303. The predicted molar refractivity (Wildman–Crippen MR) is 130 cm³/mol. The van der Waals surface area contributed by atoms with Crippen molar-refractivity contribution in [3.63, 3.8) is 0 Å². The monoisotopic (exact) mass is 531 g/mol. The average molecular weight is 532 g/mol.